The lowest BCUT2D eigenvalue weighted by atomic mass is 10.3. The first-order valence-electron chi connectivity index (χ1n) is 6.85. The molecule has 0 radical (unpaired) electrons. The summed E-state index contributed by atoms with van der Waals surface area (Å²) in [6.45, 7) is 13.4. The lowest BCUT2D eigenvalue weighted by Crippen LogP contribution is -2.50. The minimum absolute atomic E-state index is 0.252. The van der Waals surface area contributed by atoms with Crippen molar-refractivity contribution in [2.24, 2.45) is 0 Å². The predicted molar refractivity (Wildman–Crippen MR) is 85.8 cm³/mol. The summed E-state index contributed by atoms with van der Waals surface area (Å²) in [5.74, 6) is 0.522. The van der Waals surface area contributed by atoms with Crippen LogP contribution in [0, 0.1) is 5.82 Å². The van der Waals surface area contributed by atoms with Gasteiger partial charge in [0.15, 0.2) is 0 Å². The predicted octanol–water partition coefficient (Wildman–Crippen LogP) is 6.14. The van der Waals surface area contributed by atoms with E-state index >= 15 is 0 Å². The van der Waals surface area contributed by atoms with Crippen molar-refractivity contribution in [3.05, 3.63) is 28.5 Å². The first kappa shape index (κ1) is 16.7. The Kier molecular flexibility index (Phi) is 5.62. The monoisotopic (exact) mass is 346 g/mol. The molecule has 0 N–H and O–H groups in total. The molecule has 0 fully saturated rings. The van der Waals surface area contributed by atoms with Gasteiger partial charge in [0.1, 0.15) is 11.6 Å². The van der Waals surface area contributed by atoms with Crippen LogP contribution in [0.2, 0.25) is 16.6 Å². The molecule has 0 aliphatic rings. The zero-order valence-corrected chi connectivity index (χ0v) is 15.2. The van der Waals surface area contributed by atoms with E-state index in [1.54, 1.807) is 12.1 Å². The van der Waals surface area contributed by atoms with Crippen LogP contribution in [0.3, 0.4) is 0 Å². The summed E-state index contributed by atoms with van der Waals surface area (Å²) < 4.78 is 20.2. The molecule has 0 saturated carbocycles. The second-order valence-corrected chi connectivity index (χ2v) is 12.2. The maximum Gasteiger partial charge on any atom is 0.258 e. The Morgan fingerprint density at radius 2 is 1.47 bits per heavy atom. The third kappa shape index (κ3) is 3.40. The molecular formula is C15H24BrFOSi. The summed E-state index contributed by atoms with van der Waals surface area (Å²) in [6.07, 6.45) is 0. The lowest BCUT2D eigenvalue weighted by molar-refractivity contribution is 0.477. The van der Waals surface area contributed by atoms with Crippen molar-refractivity contribution >= 4 is 24.2 Å². The largest absolute Gasteiger partial charge is 0.543 e. The van der Waals surface area contributed by atoms with Crippen molar-refractivity contribution in [2.75, 3.05) is 0 Å². The molecule has 1 rings (SSSR count). The Hall–Kier alpha value is -0.353. The number of hydrogen-bond acceptors (Lipinski definition) is 1. The van der Waals surface area contributed by atoms with Crippen LogP contribution in [-0.2, 0) is 0 Å². The molecular weight excluding hydrogens is 323 g/mol. The van der Waals surface area contributed by atoms with Gasteiger partial charge in [0.05, 0.1) is 4.47 Å². The summed E-state index contributed by atoms with van der Waals surface area (Å²) in [7, 11) is -1.95. The third-order valence-electron chi connectivity index (χ3n) is 3.89. The number of halogens is 2. The zero-order valence-electron chi connectivity index (χ0n) is 12.6. The van der Waals surface area contributed by atoms with E-state index in [4.69, 9.17) is 4.43 Å². The van der Waals surface area contributed by atoms with Gasteiger partial charge in [-0.05, 0) is 50.8 Å². The van der Waals surface area contributed by atoms with E-state index in [-0.39, 0.29) is 5.82 Å². The fourth-order valence-electron chi connectivity index (χ4n) is 3.10. The molecule has 1 aromatic rings. The van der Waals surface area contributed by atoms with E-state index < -0.39 is 8.32 Å². The first-order valence-corrected chi connectivity index (χ1v) is 9.79. The first-order chi connectivity index (χ1) is 8.71. The van der Waals surface area contributed by atoms with Gasteiger partial charge in [-0.25, -0.2) is 4.39 Å². The zero-order chi connectivity index (χ0) is 14.8. The summed E-state index contributed by atoms with van der Waals surface area (Å²) >= 11 is 3.23. The summed E-state index contributed by atoms with van der Waals surface area (Å²) in [6, 6.07) is 4.93. The van der Waals surface area contributed by atoms with Crippen molar-refractivity contribution in [1.82, 2.24) is 0 Å². The molecule has 4 heteroatoms. The van der Waals surface area contributed by atoms with Crippen molar-refractivity contribution in [2.45, 2.75) is 58.2 Å². The fourth-order valence-corrected chi connectivity index (χ4v) is 8.70. The van der Waals surface area contributed by atoms with Gasteiger partial charge in [0, 0.05) is 0 Å². The van der Waals surface area contributed by atoms with Gasteiger partial charge >= 0.3 is 0 Å². The van der Waals surface area contributed by atoms with Crippen LogP contribution in [-0.4, -0.2) is 8.32 Å². The number of rotatable bonds is 5. The molecule has 19 heavy (non-hydrogen) atoms. The van der Waals surface area contributed by atoms with E-state index in [0.29, 0.717) is 21.1 Å². The second kappa shape index (κ2) is 6.40. The molecule has 108 valence electrons. The van der Waals surface area contributed by atoms with E-state index in [1.165, 1.54) is 6.07 Å². The maximum atomic E-state index is 13.3. The van der Waals surface area contributed by atoms with Crippen LogP contribution < -0.4 is 4.43 Å². The highest BCUT2D eigenvalue weighted by Gasteiger charge is 2.46. The van der Waals surface area contributed by atoms with Crippen LogP contribution in [0.1, 0.15) is 41.5 Å². The molecule has 0 aliphatic carbocycles. The molecule has 0 aromatic heterocycles. The Balaban J connectivity index is 3.17. The van der Waals surface area contributed by atoms with E-state index in [0.717, 1.165) is 5.75 Å². The second-order valence-electron chi connectivity index (χ2n) is 6.00. The van der Waals surface area contributed by atoms with Gasteiger partial charge in [-0.3, -0.25) is 0 Å². The number of hydrogen-bond donors (Lipinski definition) is 0. The SMILES string of the molecule is CC(C)[Si](Oc1ccc(F)c(Br)c1)(C(C)C)C(C)C. The molecule has 0 bridgehead atoms. The smallest absolute Gasteiger partial charge is 0.258 e. The molecule has 0 spiro atoms. The molecule has 0 saturated heterocycles. The van der Waals surface area contributed by atoms with Crippen molar-refractivity contribution < 1.29 is 8.82 Å². The lowest BCUT2D eigenvalue weighted by Gasteiger charge is -2.42. The van der Waals surface area contributed by atoms with Crippen LogP contribution in [0.15, 0.2) is 22.7 Å². The molecule has 1 nitrogen and oxygen atoms in total. The fraction of sp³-hybridized carbons (Fsp3) is 0.600. The molecule has 0 aliphatic heterocycles. The molecule has 0 unspecified atom stereocenters. The standard InChI is InChI=1S/C15H24BrFOSi/c1-10(2)19(11(3)4,12(5)6)18-13-7-8-15(17)14(16)9-13/h7-12H,1-6H3. The summed E-state index contributed by atoms with van der Waals surface area (Å²) in [5.41, 5.74) is 1.53. The van der Waals surface area contributed by atoms with Gasteiger partial charge in [-0.15, -0.1) is 0 Å². The molecule has 0 amide bonds. The van der Waals surface area contributed by atoms with Gasteiger partial charge in [0.2, 0.25) is 0 Å². The molecule has 0 heterocycles. The molecule has 1 aromatic carbocycles. The van der Waals surface area contributed by atoms with Crippen molar-refractivity contribution in [1.29, 1.82) is 0 Å². The average Bonchev–Trinajstić information content (AvgIpc) is 2.29. The van der Waals surface area contributed by atoms with Crippen LogP contribution >= 0.6 is 15.9 Å². The maximum absolute atomic E-state index is 13.3. The molecule has 0 atom stereocenters. The minimum atomic E-state index is -1.95. The van der Waals surface area contributed by atoms with Gasteiger partial charge in [-0.2, -0.15) is 0 Å². The Morgan fingerprint density at radius 3 is 1.84 bits per heavy atom. The van der Waals surface area contributed by atoms with Gasteiger partial charge in [0.25, 0.3) is 8.32 Å². The van der Waals surface area contributed by atoms with Crippen LogP contribution in [0.4, 0.5) is 4.39 Å². The van der Waals surface area contributed by atoms with Crippen LogP contribution in [0.25, 0.3) is 0 Å². The number of benzene rings is 1. The topological polar surface area (TPSA) is 9.23 Å². The normalized spacial score (nSPS) is 12.6. The highest BCUT2D eigenvalue weighted by atomic mass is 79.9. The Labute approximate surface area is 125 Å². The highest BCUT2D eigenvalue weighted by Crippen LogP contribution is 2.43. The Morgan fingerprint density at radius 1 is 1.00 bits per heavy atom. The van der Waals surface area contributed by atoms with E-state index in [9.17, 15) is 4.39 Å². The minimum Gasteiger partial charge on any atom is -0.543 e. The van der Waals surface area contributed by atoms with Crippen molar-refractivity contribution in [3.8, 4) is 5.75 Å². The average molecular weight is 347 g/mol. The summed E-state index contributed by atoms with van der Waals surface area (Å²) in [5, 5.41) is 0. The third-order valence-corrected chi connectivity index (χ3v) is 10.5. The van der Waals surface area contributed by atoms with Gasteiger partial charge in [-0.1, -0.05) is 41.5 Å². The quantitative estimate of drug-likeness (QED) is 0.581. The summed E-state index contributed by atoms with van der Waals surface area (Å²) in [4.78, 5) is 0. The van der Waals surface area contributed by atoms with E-state index in [1.807, 2.05) is 0 Å². The van der Waals surface area contributed by atoms with Crippen LogP contribution in [0.5, 0.6) is 5.75 Å². The van der Waals surface area contributed by atoms with Crippen molar-refractivity contribution in [3.63, 3.8) is 0 Å². The van der Waals surface area contributed by atoms with E-state index in [2.05, 4.69) is 57.5 Å². The Bertz CT molecular complexity index is 410. The van der Waals surface area contributed by atoms with Gasteiger partial charge < -0.3 is 4.43 Å². The highest BCUT2D eigenvalue weighted by molar-refractivity contribution is 9.10.